The van der Waals surface area contributed by atoms with Crippen molar-refractivity contribution in [3.05, 3.63) is 0 Å². The van der Waals surface area contributed by atoms with Crippen molar-refractivity contribution < 1.29 is 28.7 Å². The van der Waals surface area contributed by atoms with Gasteiger partial charge >= 0.3 is 11.9 Å². The van der Waals surface area contributed by atoms with Gasteiger partial charge in [-0.2, -0.15) is 0 Å². The van der Waals surface area contributed by atoms with Crippen molar-refractivity contribution in [2.75, 3.05) is 39.5 Å². The first-order chi connectivity index (χ1) is 28.3. The lowest BCUT2D eigenvalue weighted by atomic mass is 10.0. The molecule has 0 amide bonds. The van der Waals surface area contributed by atoms with Crippen molar-refractivity contribution >= 4 is 22.9 Å². The highest BCUT2D eigenvalue weighted by molar-refractivity contribution is 7.81. The fourth-order valence-electron chi connectivity index (χ4n) is 8.04. The number of hydrogen-bond acceptors (Lipinski definition) is 6. The van der Waals surface area contributed by atoms with Gasteiger partial charge in [-0.25, -0.2) is 8.51 Å². The number of hydrogen-bond donors (Lipinski definition) is 0. The van der Waals surface area contributed by atoms with Gasteiger partial charge < -0.3 is 19.8 Å². The summed E-state index contributed by atoms with van der Waals surface area (Å²) < 4.78 is 25.7. The molecule has 0 saturated heterocycles. The molecule has 8 nitrogen and oxygen atoms in total. The molecule has 59 heavy (non-hydrogen) atoms. The van der Waals surface area contributed by atoms with Gasteiger partial charge in [0.2, 0.25) is 0 Å². The highest BCUT2D eigenvalue weighted by atomic mass is 32.2. The minimum atomic E-state index is -0.923. The number of rotatable bonds is 46. The Morgan fingerprint density at radius 3 is 1.12 bits per heavy atom. The van der Waals surface area contributed by atoms with Crippen molar-refractivity contribution in [2.45, 2.75) is 271 Å². The quantitative estimate of drug-likeness (QED) is 0.0446. The number of carbonyl (C=O) groups excluding carboxylic acids is 2. The zero-order valence-corrected chi connectivity index (χ0v) is 41.1. The molecule has 2 unspecified atom stereocenters. The Morgan fingerprint density at radius 2 is 0.746 bits per heavy atom. The molecule has 0 fully saturated rings. The van der Waals surface area contributed by atoms with Crippen molar-refractivity contribution in [3.8, 4) is 0 Å². The van der Waals surface area contributed by atoms with Crippen LogP contribution in [0.1, 0.15) is 259 Å². The Morgan fingerprint density at radius 1 is 0.424 bits per heavy atom. The Kier molecular flexibility index (Phi) is 47.3. The summed E-state index contributed by atoms with van der Waals surface area (Å²) in [4.78, 5) is 28.0. The fourth-order valence-corrected chi connectivity index (χ4v) is 8.43. The first kappa shape index (κ1) is 60.1. The average Bonchev–Trinajstić information content (AvgIpc) is 3.20. The van der Waals surface area contributed by atoms with Crippen LogP contribution < -0.4 is 0 Å². The third-order valence-corrected chi connectivity index (χ3v) is 13.0. The molecule has 0 heterocycles. The van der Waals surface area contributed by atoms with E-state index in [0.29, 0.717) is 12.8 Å². The molecule has 0 aliphatic heterocycles. The van der Waals surface area contributed by atoms with E-state index in [9.17, 15) is 13.8 Å². The van der Waals surface area contributed by atoms with Gasteiger partial charge in [0.1, 0.15) is 12.2 Å². The fraction of sp³-hybridized carbons (Fsp3) is 0.960. The molecule has 2 atom stereocenters. The van der Waals surface area contributed by atoms with E-state index in [4.69, 9.17) is 9.47 Å². The lowest BCUT2D eigenvalue weighted by molar-refractivity contribution is -0.151. The molecular weight excluding hydrogens is 757 g/mol. The maximum atomic E-state index is 12.8. The van der Waals surface area contributed by atoms with E-state index in [2.05, 4.69) is 32.6 Å². The molecule has 354 valence electrons. The van der Waals surface area contributed by atoms with Crippen LogP contribution in [0, 0.1) is 0 Å². The second-order valence-electron chi connectivity index (χ2n) is 17.7. The molecule has 0 aromatic heterocycles. The van der Waals surface area contributed by atoms with Gasteiger partial charge in [-0.15, -0.1) is 0 Å². The van der Waals surface area contributed by atoms with E-state index in [-0.39, 0.29) is 29.6 Å². The molecule has 0 saturated carbocycles. The van der Waals surface area contributed by atoms with E-state index in [1.165, 1.54) is 141 Å². The second kappa shape index (κ2) is 46.5. The SMILES string of the molecule is CCCCCCCCC(CCC)OC(=O)CCCCCCCN(CCCCCCCC(=O)OC(CCCCCCCC)CCCCCCCC)CCCN(C)S(C)=O.O. The lowest BCUT2D eigenvalue weighted by Crippen LogP contribution is -2.30. The highest BCUT2D eigenvalue weighted by Gasteiger charge is 2.16. The van der Waals surface area contributed by atoms with Gasteiger partial charge in [-0.05, 0) is 104 Å². The van der Waals surface area contributed by atoms with Crippen molar-refractivity contribution in [3.63, 3.8) is 0 Å². The summed E-state index contributed by atoms with van der Waals surface area (Å²) >= 11 is 0. The number of ether oxygens (including phenoxy) is 2. The van der Waals surface area contributed by atoms with Gasteiger partial charge in [0.05, 0.1) is 11.0 Å². The van der Waals surface area contributed by atoms with E-state index < -0.39 is 11.0 Å². The Hall–Kier alpha value is -1.03. The zero-order chi connectivity index (χ0) is 42.7. The van der Waals surface area contributed by atoms with Crippen molar-refractivity contribution in [1.29, 1.82) is 0 Å². The molecular formula is C50H102N2O6S. The van der Waals surface area contributed by atoms with Crippen LogP contribution in [0.4, 0.5) is 0 Å². The Balaban J connectivity index is 0. The number of nitrogens with zero attached hydrogens (tertiary/aromatic N) is 2. The highest BCUT2D eigenvalue weighted by Crippen LogP contribution is 2.19. The molecule has 0 aliphatic rings. The minimum Gasteiger partial charge on any atom is -0.462 e. The number of carbonyl (C=O) groups is 2. The van der Waals surface area contributed by atoms with Gasteiger partial charge in [-0.1, -0.05) is 169 Å². The summed E-state index contributed by atoms with van der Waals surface area (Å²) in [7, 11) is 1.02. The molecule has 0 aromatic carbocycles. The van der Waals surface area contributed by atoms with Gasteiger partial charge in [0.15, 0.2) is 0 Å². The zero-order valence-electron chi connectivity index (χ0n) is 40.3. The van der Waals surface area contributed by atoms with Crippen molar-refractivity contribution in [2.24, 2.45) is 0 Å². The second-order valence-corrected chi connectivity index (χ2v) is 19.2. The summed E-state index contributed by atoms with van der Waals surface area (Å²) in [6, 6.07) is 0. The average molecular weight is 859 g/mol. The molecule has 0 spiro atoms. The molecule has 2 N–H and O–H groups in total. The van der Waals surface area contributed by atoms with Crippen LogP contribution in [-0.4, -0.2) is 82.5 Å². The maximum absolute atomic E-state index is 12.8. The third-order valence-electron chi connectivity index (χ3n) is 11.9. The van der Waals surface area contributed by atoms with Crippen LogP contribution >= 0.6 is 0 Å². The topological polar surface area (TPSA) is 108 Å². The molecule has 0 rings (SSSR count). The summed E-state index contributed by atoms with van der Waals surface area (Å²) in [5.41, 5.74) is 0. The third kappa shape index (κ3) is 42.1. The van der Waals surface area contributed by atoms with E-state index in [1.807, 2.05) is 11.4 Å². The van der Waals surface area contributed by atoms with E-state index in [1.54, 1.807) is 6.26 Å². The standard InChI is InChI=1S/C50H100N2O5S.H2O/c1-7-11-14-17-22-29-38-47(37-10-4)56-49(53)41-32-25-20-27-34-44-52(46-36-43-51(5)58(6)55)45-35-28-21-26-33-42-50(54)57-48(39-30-23-18-15-12-8-2)40-31-24-19-16-13-9-3;/h47-48H,7-46H2,1-6H3;1H2. The van der Waals surface area contributed by atoms with Crippen LogP contribution in [0.25, 0.3) is 0 Å². The van der Waals surface area contributed by atoms with Crippen LogP contribution in [0.15, 0.2) is 0 Å². The first-order valence-electron chi connectivity index (χ1n) is 25.4. The monoisotopic (exact) mass is 859 g/mol. The summed E-state index contributed by atoms with van der Waals surface area (Å²) in [6.45, 7) is 13.1. The summed E-state index contributed by atoms with van der Waals surface area (Å²) in [5.74, 6) is 0.0187. The predicted octanol–water partition coefficient (Wildman–Crippen LogP) is 13.6. The Bertz CT molecular complexity index is 908. The van der Waals surface area contributed by atoms with Gasteiger partial charge in [-0.3, -0.25) is 9.59 Å². The van der Waals surface area contributed by atoms with E-state index >= 15 is 0 Å². The number of unbranched alkanes of at least 4 members (excludes halogenated alkanes) is 23. The lowest BCUT2D eigenvalue weighted by Gasteiger charge is -2.23. The van der Waals surface area contributed by atoms with Crippen LogP contribution in [-0.2, 0) is 30.0 Å². The molecule has 0 bridgehead atoms. The molecule has 0 aliphatic carbocycles. The molecule has 0 aromatic rings. The smallest absolute Gasteiger partial charge is 0.306 e. The van der Waals surface area contributed by atoms with Crippen LogP contribution in [0.3, 0.4) is 0 Å². The van der Waals surface area contributed by atoms with Gasteiger partial charge in [0, 0.05) is 25.6 Å². The largest absolute Gasteiger partial charge is 0.462 e. The van der Waals surface area contributed by atoms with Crippen molar-refractivity contribution in [1.82, 2.24) is 9.21 Å². The molecule has 0 radical (unpaired) electrons. The first-order valence-corrected chi connectivity index (χ1v) is 26.9. The van der Waals surface area contributed by atoms with E-state index in [0.717, 1.165) is 103 Å². The normalized spacial score (nSPS) is 12.6. The van der Waals surface area contributed by atoms with Crippen LogP contribution in [0.2, 0.25) is 0 Å². The summed E-state index contributed by atoms with van der Waals surface area (Å²) in [5, 5.41) is 0. The molecule has 9 heteroatoms. The predicted molar refractivity (Wildman–Crippen MR) is 255 cm³/mol. The van der Waals surface area contributed by atoms with Gasteiger partial charge in [0.25, 0.3) is 0 Å². The Labute approximate surface area is 370 Å². The maximum Gasteiger partial charge on any atom is 0.306 e. The number of esters is 2. The summed E-state index contributed by atoms with van der Waals surface area (Å²) in [6.07, 6.45) is 43.4. The van der Waals surface area contributed by atoms with Crippen LogP contribution in [0.5, 0.6) is 0 Å². The minimum absolute atomic E-state index is 0.